The number of hydrogen-bond donors (Lipinski definition) is 1. The Bertz CT molecular complexity index is 817. The topological polar surface area (TPSA) is 132 Å². The molecule has 4 amide bonds. The van der Waals surface area contributed by atoms with E-state index in [9.17, 15) is 19.2 Å². The molecule has 0 aromatic heterocycles. The van der Waals surface area contributed by atoms with Crippen molar-refractivity contribution >= 4 is 35.4 Å². The van der Waals surface area contributed by atoms with Gasteiger partial charge in [-0.1, -0.05) is 11.2 Å². The van der Waals surface area contributed by atoms with Crippen LogP contribution in [0.1, 0.15) is 33.6 Å². The van der Waals surface area contributed by atoms with E-state index >= 15 is 0 Å². The fourth-order valence-corrected chi connectivity index (χ4v) is 3.49. The first-order valence-electron chi connectivity index (χ1n) is 7.03. The van der Waals surface area contributed by atoms with Crippen LogP contribution in [0.5, 0.6) is 0 Å². The van der Waals surface area contributed by atoms with Crippen LogP contribution in [0.15, 0.2) is 28.2 Å². The number of rotatable bonds is 4. The molecule has 2 heterocycles. The number of hydrogen-bond acceptors (Lipinski definition) is 6. The van der Waals surface area contributed by atoms with Crippen molar-refractivity contribution in [2.24, 2.45) is 5.11 Å². The number of carbonyl (C=O) groups excluding carboxylic acids is 4. The first-order chi connectivity index (χ1) is 11.5. The minimum atomic E-state index is -0.995. The predicted molar refractivity (Wildman–Crippen MR) is 83.0 cm³/mol. The van der Waals surface area contributed by atoms with Crippen molar-refractivity contribution in [2.75, 3.05) is 5.88 Å². The summed E-state index contributed by atoms with van der Waals surface area (Å²) in [7, 11) is 0. The lowest BCUT2D eigenvalue weighted by Crippen LogP contribution is -2.54. The summed E-state index contributed by atoms with van der Waals surface area (Å²) in [6.45, 7) is 0. The van der Waals surface area contributed by atoms with Gasteiger partial charge in [0.25, 0.3) is 11.8 Å². The van der Waals surface area contributed by atoms with Crippen molar-refractivity contribution in [1.29, 1.82) is 0 Å². The van der Waals surface area contributed by atoms with Gasteiger partial charge in [0.05, 0.1) is 17.0 Å². The third-order valence-corrected chi connectivity index (χ3v) is 4.67. The number of imide groups is 2. The summed E-state index contributed by atoms with van der Waals surface area (Å²) in [5, 5.41) is 5.54. The maximum absolute atomic E-state index is 12.7. The Balaban J connectivity index is 1.93. The lowest BCUT2D eigenvalue weighted by Gasteiger charge is -2.27. The number of amides is 4. The normalized spacial score (nSPS) is 19.8. The van der Waals surface area contributed by atoms with Crippen LogP contribution in [0.2, 0.25) is 0 Å². The van der Waals surface area contributed by atoms with Gasteiger partial charge in [-0.3, -0.25) is 29.4 Å². The van der Waals surface area contributed by atoms with Crippen molar-refractivity contribution in [1.82, 2.24) is 10.2 Å². The lowest BCUT2D eigenvalue weighted by atomic mass is 10.0. The molecule has 1 unspecified atom stereocenters. The van der Waals surface area contributed by atoms with Gasteiger partial charge in [0.1, 0.15) is 6.04 Å². The van der Waals surface area contributed by atoms with Gasteiger partial charge in [-0.05, 0) is 24.1 Å². The Kier molecular flexibility index (Phi) is 4.24. The van der Waals surface area contributed by atoms with E-state index in [-0.39, 0.29) is 29.8 Å². The molecule has 1 saturated heterocycles. The molecule has 1 fully saturated rings. The van der Waals surface area contributed by atoms with Crippen molar-refractivity contribution in [3.63, 3.8) is 0 Å². The third kappa shape index (κ3) is 2.61. The molecule has 122 valence electrons. The monoisotopic (exact) mass is 345 g/mol. The molecule has 1 N–H and O–H groups in total. The van der Waals surface area contributed by atoms with E-state index in [1.165, 1.54) is 6.07 Å². The van der Waals surface area contributed by atoms with Crippen molar-refractivity contribution in [3.8, 4) is 0 Å². The summed E-state index contributed by atoms with van der Waals surface area (Å²) in [5.41, 5.74) is 8.74. The van der Waals surface area contributed by atoms with E-state index in [4.69, 9.17) is 5.53 Å². The second-order valence-corrected chi connectivity index (χ2v) is 6.12. The standard InChI is InChI=1S/C14H11N5O4S/c15-18-16-6-24-9-3-1-2-7-11(9)14(23)19(13(7)22)8-4-5-10(20)17-12(8)21/h1-3,8H,4-6H2,(H,17,20,21). The van der Waals surface area contributed by atoms with E-state index < -0.39 is 29.7 Å². The summed E-state index contributed by atoms with van der Waals surface area (Å²) in [5.74, 6) is -2.13. The molecule has 0 bridgehead atoms. The largest absolute Gasteiger partial charge is 0.295 e. The fourth-order valence-electron chi connectivity index (χ4n) is 2.73. The number of carbonyl (C=O) groups is 4. The third-order valence-electron chi connectivity index (χ3n) is 3.77. The number of fused-ring (bicyclic) bond motifs is 1. The van der Waals surface area contributed by atoms with Gasteiger partial charge in [-0.15, -0.1) is 11.8 Å². The molecule has 3 rings (SSSR count). The molecule has 0 aliphatic carbocycles. The van der Waals surface area contributed by atoms with Crippen LogP contribution < -0.4 is 5.32 Å². The second-order valence-electron chi connectivity index (χ2n) is 5.13. The van der Waals surface area contributed by atoms with Crippen LogP contribution in [0.4, 0.5) is 0 Å². The fraction of sp³-hybridized carbons (Fsp3) is 0.286. The highest BCUT2D eigenvalue weighted by Gasteiger charge is 2.45. The number of piperidine rings is 1. The smallest absolute Gasteiger partial charge is 0.263 e. The van der Waals surface area contributed by atoms with Gasteiger partial charge in [-0.2, -0.15) is 0 Å². The van der Waals surface area contributed by atoms with Crippen molar-refractivity contribution < 1.29 is 19.2 Å². The summed E-state index contributed by atoms with van der Waals surface area (Å²) in [6.07, 6.45) is 0.180. The van der Waals surface area contributed by atoms with Gasteiger partial charge >= 0.3 is 0 Å². The van der Waals surface area contributed by atoms with Gasteiger partial charge in [0.15, 0.2) is 0 Å². The van der Waals surface area contributed by atoms with E-state index in [1.54, 1.807) is 12.1 Å². The van der Waals surface area contributed by atoms with Crippen LogP contribution >= 0.6 is 11.8 Å². The summed E-state index contributed by atoms with van der Waals surface area (Å²) >= 11 is 1.13. The second kappa shape index (κ2) is 6.34. The van der Waals surface area contributed by atoms with Crippen LogP contribution in [0.3, 0.4) is 0 Å². The zero-order valence-corrected chi connectivity index (χ0v) is 13.1. The number of benzene rings is 1. The summed E-state index contributed by atoms with van der Waals surface area (Å²) in [6, 6.07) is 3.79. The quantitative estimate of drug-likeness (QED) is 0.290. The highest BCUT2D eigenvalue weighted by molar-refractivity contribution is 7.99. The van der Waals surface area contributed by atoms with Crippen molar-refractivity contribution in [3.05, 3.63) is 39.8 Å². The average molecular weight is 345 g/mol. The molecule has 0 saturated carbocycles. The molecular weight excluding hydrogens is 334 g/mol. The number of nitrogens with zero attached hydrogens (tertiary/aromatic N) is 4. The molecule has 10 heteroatoms. The number of azide groups is 1. The zero-order chi connectivity index (χ0) is 17.3. The summed E-state index contributed by atoms with van der Waals surface area (Å²) in [4.78, 5) is 52.6. The Morgan fingerprint density at radius 2 is 2.08 bits per heavy atom. The predicted octanol–water partition coefficient (Wildman–Crippen LogP) is 1.45. The van der Waals surface area contributed by atoms with Gasteiger partial charge in [0.2, 0.25) is 11.8 Å². The molecule has 2 aliphatic heterocycles. The van der Waals surface area contributed by atoms with E-state index in [2.05, 4.69) is 15.3 Å². The van der Waals surface area contributed by atoms with E-state index in [0.717, 1.165) is 16.7 Å². The minimum absolute atomic E-state index is 0.0717. The molecule has 2 aliphatic rings. The highest BCUT2D eigenvalue weighted by Crippen LogP contribution is 2.34. The molecule has 1 aromatic carbocycles. The number of nitrogens with one attached hydrogen (secondary N) is 1. The first kappa shape index (κ1) is 16.0. The van der Waals surface area contributed by atoms with Crippen LogP contribution in [-0.4, -0.2) is 40.4 Å². The Morgan fingerprint density at radius 1 is 1.29 bits per heavy atom. The molecule has 0 radical (unpaired) electrons. The maximum atomic E-state index is 12.7. The van der Waals surface area contributed by atoms with Crippen molar-refractivity contribution in [2.45, 2.75) is 23.8 Å². The summed E-state index contributed by atoms with van der Waals surface area (Å²) < 4.78 is 0. The molecule has 1 atom stereocenters. The first-order valence-corrected chi connectivity index (χ1v) is 8.01. The van der Waals surface area contributed by atoms with Gasteiger partial charge < -0.3 is 0 Å². The molecule has 1 aromatic rings. The lowest BCUT2D eigenvalue weighted by molar-refractivity contribution is -0.136. The van der Waals surface area contributed by atoms with Crippen LogP contribution in [0, 0.1) is 0 Å². The Labute approximate surface area is 140 Å². The minimum Gasteiger partial charge on any atom is -0.295 e. The molecular formula is C14H11N5O4S. The van der Waals surface area contributed by atoms with Crippen LogP contribution in [0.25, 0.3) is 10.4 Å². The maximum Gasteiger partial charge on any atom is 0.263 e. The van der Waals surface area contributed by atoms with E-state index in [0.29, 0.717) is 4.90 Å². The molecule has 24 heavy (non-hydrogen) atoms. The van der Waals surface area contributed by atoms with Crippen LogP contribution in [-0.2, 0) is 9.59 Å². The van der Waals surface area contributed by atoms with Gasteiger partial charge in [0, 0.05) is 16.2 Å². The Morgan fingerprint density at radius 3 is 2.79 bits per heavy atom. The Hall–Kier alpha value is -2.84. The zero-order valence-electron chi connectivity index (χ0n) is 12.3. The SMILES string of the molecule is [N-]=[N+]=NCSc1cccc2c1C(=O)N(C1CCC(=O)NC1=O)C2=O. The van der Waals surface area contributed by atoms with Gasteiger partial charge in [-0.25, -0.2) is 0 Å². The molecule has 9 nitrogen and oxygen atoms in total. The van der Waals surface area contributed by atoms with E-state index in [1.807, 2.05) is 0 Å². The number of thioether (sulfide) groups is 1. The molecule has 0 spiro atoms. The highest BCUT2D eigenvalue weighted by atomic mass is 32.2. The average Bonchev–Trinajstić information content (AvgIpc) is 2.81.